The molecule has 30 heavy (non-hydrogen) atoms. The van der Waals surface area contributed by atoms with Crippen molar-refractivity contribution in [2.24, 2.45) is 0 Å². The Morgan fingerprint density at radius 2 is 1.40 bits per heavy atom. The number of phenolic OH excluding ortho intramolecular Hbond substituents is 1. The van der Waals surface area contributed by atoms with Crippen LogP contribution in [0.2, 0.25) is 0 Å². The number of aromatic hydroxyl groups is 1. The number of ether oxygens (including phenoxy) is 1. The van der Waals surface area contributed by atoms with E-state index >= 15 is 0 Å². The van der Waals surface area contributed by atoms with Crippen LogP contribution in [0, 0.1) is 13.8 Å². The number of hydrogen-bond acceptors (Lipinski definition) is 4. The fourth-order valence-corrected chi connectivity index (χ4v) is 9.42. The van der Waals surface area contributed by atoms with E-state index in [1.54, 1.807) is 12.1 Å². The molecule has 0 amide bonds. The molecular formula is C23H25O5STe. The van der Waals surface area contributed by atoms with Crippen molar-refractivity contribution in [1.29, 1.82) is 0 Å². The van der Waals surface area contributed by atoms with E-state index in [9.17, 15) is 13.5 Å². The molecule has 0 fully saturated rings. The molecule has 0 aliphatic rings. The van der Waals surface area contributed by atoms with E-state index in [1.807, 2.05) is 19.9 Å². The first kappa shape index (κ1) is 22.6. The van der Waals surface area contributed by atoms with Crippen molar-refractivity contribution in [3.05, 3.63) is 77.9 Å². The summed E-state index contributed by atoms with van der Waals surface area (Å²) in [6.07, 6.45) is 0.189. The summed E-state index contributed by atoms with van der Waals surface area (Å²) in [6, 6.07) is 22.0. The second kappa shape index (κ2) is 9.84. The summed E-state index contributed by atoms with van der Waals surface area (Å²) < 4.78 is 39.6. The summed E-state index contributed by atoms with van der Waals surface area (Å²) in [5, 5.41) is 10.7. The average Bonchev–Trinajstić information content (AvgIpc) is 2.69. The van der Waals surface area contributed by atoms with Gasteiger partial charge in [-0.1, -0.05) is 0 Å². The van der Waals surface area contributed by atoms with Gasteiger partial charge in [0.2, 0.25) is 0 Å². The molecule has 159 valence electrons. The molecular weight excluding hydrogens is 516 g/mol. The molecule has 0 saturated carbocycles. The number of rotatable bonds is 8. The van der Waals surface area contributed by atoms with E-state index in [0.29, 0.717) is 5.75 Å². The molecule has 0 unspecified atom stereocenters. The molecule has 0 saturated heterocycles. The molecule has 0 aliphatic heterocycles. The topological polar surface area (TPSA) is 83.8 Å². The minimum absolute atomic E-state index is 0.161. The van der Waals surface area contributed by atoms with E-state index in [1.165, 1.54) is 18.3 Å². The van der Waals surface area contributed by atoms with Gasteiger partial charge in [-0.2, -0.15) is 0 Å². The Morgan fingerprint density at radius 3 is 1.90 bits per heavy atom. The van der Waals surface area contributed by atoms with Crippen LogP contribution in [0.4, 0.5) is 0 Å². The molecule has 0 heterocycles. The fraction of sp³-hybridized carbons (Fsp3) is 0.217. The molecule has 0 spiro atoms. The van der Waals surface area contributed by atoms with Gasteiger partial charge in [0.1, 0.15) is 0 Å². The van der Waals surface area contributed by atoms with Crippen LogP contribution in [-0.4, -0.2) is 50.0 Å². The molecule has 3 aromatic carbocycles. The number of hydrogen-bond donors (Lipinski definition) is 2. The molecule has 3 aromatic rings. The van der Waals surface area contributed by atoms with Crippen LogP contribution in [0.3, 0.4) is 0 Å². The summed E-state index contributed by atoms with van der Waals surface area (Å²) in [7, 11) is -4.00. The maximum atomic E-state index is 10.9. The van der Waals surface area contributed by atoms with Gasteiger partial charge in [-0.15, -0.1) is 0 Å². The Balaban J connectivity index is 1.94. The van der Waals surface area contributed by atoms with Gasteiger partial charge in [-0.3, -0.25) is 0 Å². The van der Waals surface area contributed by atoms with Crippen LogP contribution in [0.5, 0.6) is 11.5 Å². The second-order valence-electron chi connectivity index (χ2n) is 7.05. The molecule has 5 nitrogen and oxygen atoms in total. The van der Waals surface area contributed by atoms with Crippen LogP contribution in [0.15, 0.2) is 66.7 Å². The van der Waals surface area contributed by atoms with Crippen LogP contribution < -0.4 is 15.6 Å². The van der Waals surface area contributed by atoms with E-state index in [2.05, 4.69) is 48.5 Å². The van der Waals surface area contributed by atoms with Crippen molar-refractivity contribution < 1.29 is 22.8 Å². The standard InChI is InChI=1S/C23H25O5STe/c1-17-4-9-20(10-5-17)30(21-11-6-18(2)7-12-21)23-16-19(8-13-22(23)24)28-14-3-15-29(25,26)27/h4-13,16,24H,3,14-15H2,1-2H3,(H,25,26,27). The molecule has 0 bridgehead atoms. The van der Waals surface area contributed by atoms with Gasteiger partial charge >= 0.3 is 185 Å². The number of aryl methyl sites for hydroxylation is 2. The van der Waals surface area contributed by atoms with Gasteiger partial charge in [0.15, 0.2) is 0 Å². The Kier molecular flexibility index (Phi) is 7.43. The van der Waals surface area contributed by atoms with Crippen molar-refractivity contribution in [3.8, 4) is 11.5 Å². The van der Waals surface area contributed by atoms with Gasteiger partial charge in [-0.25, -0.2) is 0 Å². The van der Waals surface area contributed by atoms with Gasteiger partial charge in [0.25, 0.3) is 0 Å². The predicted molar refractivity (Wildman–Crippen MR) is 122 cm³/mol. The molecule has 2 N–H and O–H groups in total. The summed E-state index contributed by atoms with van der Waals surface area (Å²) >= 11 is -2.35. The summed E-state index contributed by atoms with van der Waals surface area (Å²) in [5.74, 6) is 0.464. The van der Waals surface area contributed by atoms with Crippen molar-refractivity contribution >= 4 is 40.5 Å². The second-order valence-corrected chi connectivity index (χ2v) is 14.3. The zero-order valence-corrected chi connectivity index (χ0v) is 20.1. The molecule has 1 radical (unpaired) electrons. The monoisotopic (exact) mass is 543 g/mol. The normalized spacial score (nSPS) is 11.6. The third-order valence-electron chi connectivity index (χ3n) is 4.48. The third-order valence-corrected chi connectivity index (χ3v) is 11.7. The van der Waals surface area contributed by atoms with Crippen molar-refractivity contribution in [3.63, 3.8) is 0 Å². The van der Waals surface area contributed by atoms with Crippen molar-refractivity contribution in [2.45, 2.75) is 20.3 Å². The summed E-state index contributed by atoms with van der Waals surface area (Å²) in [4.78, 5) is 0. The minimum atomic E-state index is -4.00. The molecule has 0 aromatic heterocycles. The van der Waals surface area contributed by atoms with E-state index < -0.39 is 29.7 Å². The predicted octanol–water partition coefficient (Wildman–Crippen LogP) is 2.18. The average molecular weight is 541 g/mol. The Morgan fingerprint density at radius 1 is 0.867 bits per heavy atom. The number of benzene rings is 3. The third kappa shape index (κ3) is 6.23. The first-order valence-corrected chi connectivity index (χ1v) is 14.6. The van der Waals surface area contributed by atoms with Gasteiger partial charge < -0.3 is 0 Å². The van der Waals surface area contributed by atoms with Crippen LogP contribution in [-0.2, 0) is 10.1 Å². The van der Waals surface area contributed by atoms with E-state index in [4.69, 9.17) is 9.29 Å². The van der Waals surface area contributed by atoms with E-state index in [-0.39, 0.29) is 24.5 Å². The molecule has 7 heteroatoms. The quantitative estimate of drug-likeness (QED) is 0.260. The molecule has 0 atom stereocenters. The Labute approximate surface area is 184 Å². The van der Waals surface area contributed by atoms with Gasteiger partial charge in [0, 0.05) is 0 Å². The molecule has 3 rings (SSSR count). The zero-order valence-electron chi connectivity index (χ0n) is 16.9. The first-order chi connectivity index (χ1) is 14.2. The van der Waals surface area contributed by atoms with Crippen LogP contribution in [0.1, 0.15) is 17.5 Å². The summed E-state index contributed by atoms with van der Waals surface area (Å²) in [6.45, 7) is 4.26. The van der Waals surface area contributed by atoms with E-state index in [0.717, 1.165) is 3.61 Å². The first-order valence-electron chi connectivity index (χ1n) is 9.51. The van der Waals surface area contributed by atoms with Crippen LogP contribution in [0.25, 0.3) is 0 Å². The van der Waals surface area contributed by atoms with Crippen molar-refractivity contribution in [2.75, 3.05) is 12.4 Å². The van der Waals surface area contributed by atoms with Crippen molar-refractivity contribution in [1.82, 2.24) is 0 Å². The molecule has 0 aliphatic carbocycles. The Hall–Kier alpha value is -2.04. The van der Waals surface area contributed by atoms with Gasteiger partial charge in [0.05, 0.1) is 0 Å². The SMILES string of the molecule is Cc1ccc([Te](c2ccc(C)cc2)c2cc(OCCCS(=O)(=O)O)ccc2O)cc1. The maximum absolute atomic E-state index is 10.9. The van der Waals surface area contributed by atoms with Crippen LogP contribution >= 0.6 is 0 Å². The van der Waals surface area contributed by atoms with Gasteiger partial charge in [-0.05, 0) is 0 Å². The zero-order chi connectivity index (χ0) is 21.7. The number of phenols is 1. The fourth-order valence-electron chi connectivity index (χ4n) is 2.92. The Bertz CT molecular complexity index is 1050. The summed E-state index contributed by atoms with van der Waals surface area (Å²) in [5.41, 5.74) is 2.36.